The van der Waals surface area contributed by atoms with Crippen LogP contribution in [-0.4, -0.2) is 50.0 Å². The molecule has 0 saturated carbocycles. The number of nitrogens with one attached hydrogen (secondary N) is 1. The molecule has 0 spiro atoms. The molecule has 2 aliphatic heterocycles. The van der Waals surface area contributed by atoms with E-state index in [0.717, 1.165) is 57.5 Å². The summed E-state index contributed by atoms with van der Waals surface area (Å²) in [5.41, 5.74) is 2.81. The second-order valence-electron chi connectivity index (χ2n) is 7.97. The van der Waals surface area contributed by atoms with E-state index in [1.54, 1.807) is 31.4 Å². The quantitative estimate of drug-likeness (QED) is 0.808. The number of nitrogens with zero attached hydrogens (tertiary/aromatic N) is 2. The van der Waals surface area contributed by atoms with E-state index in [9.17, 15) is 9.59 Å². The topological polar surface area (TPSA) is 61.9 Å². The molecule has 2 saturated heterocycles. The highest BCUT2D eigenvalue weighted by Gasteiger charge is 2.25. The van der Waals surface area contributed by atoms with Crippen molar-refractivity contribution >= 4 is 23.2 Å². The van der Waals surface area contributed by atoms with Crippen molar-refractivity contribution in [1.29, 1.82) is 0 Å². The number of ether oxygens (including phenoxy) is 1. The maximum atomic E-state index is 13.3. The molecule has 6 heteroatoms. The smallest absolute Gasteiger partial charge is 0.256 e. The maximum absolute atomic E-state index is 13.3. The second-order valence-corrected chi connectivity index (χ2v) is 7.97. The van der Waals surface area contributed by atoms with Gasteiger partial charge in [0.2, 0.25) is 0 Å². The van der Waals surface area contributed by atoms with Crippen LogP contribution in [0.25, 0.3) is 0 Å². The summed E-state index contributed by atoms with van der Waals surface area (Å²) >= 11 is 0. The van der Waals surface area contributed by atoms with Crippen LogP contribution in [0.5, 0.6) is 5.75 Å². The van der Waals surface area contributed by atoms with Crippen LogP contribution in [0, 0.1) is 0 Å². The van der Waals surface area contributed by atoms with Crippen molar-refractivity contribution in [2.75, 3.05) is 43.5 Å². The van der Waals surface area contributed by atoms with Crippen LogP contribution in [0.4, 0.5) is 11.4 Å². The second kappa shape index (κ2) is 9.20. The van der Waals surface area contributed by atoms with Gasteiger partial charge < -0.3 is 19.9 Å². The van der Waals surface area contributed by atoms with Gasteiger partial charge in [-0.05, 0) is 68.5 Å². The van der Waals surface area contributed by atoms with Crippen molar-refractivity contribution in [1.82, 2.24) is 4.90 Å². The van der Waals surface area contributed by atoms with Crippen LogP contribution in [0.1, 0.15) is 52.8 Å². The number of piperidine rings is 1. The number of carbonyl (C=O) groups excluding carboxylic acids is 2. The number of carbonyl (C=O) groups is 2. The molecule has 2 aliphatic rings. The highest BCUT2D eigenvalue weighted by molar-refractivity contribution is 6.06. The number of amides is 2. The molecular weight excluding hydrogens is 378 g/mol. The van der Waals surface area contributed by atoms with Gasteiger partial charge in [-0.1, -0.05) is 6.07 Å². The molecule has 2 aromatic rings. The van der Waals surface area contributed by atoms with E-state index < -0.39 is 0 Å². The van der Waals surface area contributed by atoms with Crippen LogP contribution in [0.3, 0.4) is 0 Å². The number of methoxy groups -OCH3 is 1. The molecule has 6 nitrogen and oxygen atoms in total. The summed E-state index contributed by atoms with van der Waals surface area (Å²) in [5, 5.41) is 2.94. The molecule has 2 amide bonds. The van der Waals surface area contributed by atoms with E-state index in [0.29, 0.717) is 22.6 Å². The molecule has 0 aliphatic carbocycles. The van der Waals surface area contributed by atoms with Gasteiger partial charge in [-0.3, -0.25) is 9.59 Å². The lowest BCUT2D eigenvalue weighted by Gasteiger charge is -2.31. The normalized spacial score (nSPS) is 16.4. The van der Waals surface area contributed by atoms with Crippen LogP contribution in [0.15, 0.2) is 42.5 Å². The predicted octanol–water partition coefficient (Wildman–Crippen LogP) is 4.17. The lowest BCUT2D eigenvalue weighted by Crippen LogP contribution is -2.34. The van der Waals surface area contributed by atoms with Crippen molar-refractivity contribution in [3.05, 3.63) is 53.6 Å². The largest absolute Gasteiger partial charge is 0.497 e. The van der Waals surface area contributed by atoms with Crippen molar-refractivity contribution in [3.8, 4) is 5.75 Å². The van der Waals surface area contributed by atoms with Gasteiger partial charge in [0.15, 0.2) is 0 Å². The molecule has 30 heavy (non-hydrogen) atoms. The fourth-order valence-electron chi connectivity index (χ4n) is 4.25. The summed E-state index contributed by atoms with van der Waals surface area (Å²) in [4.78, 5) is 30.2. The third-order valence-electron chi connectivity index (χ3n) is 5.91. The Morgan fingerprint density at radius 2 is 1.63 bits per heavy atom. The molecule has 0 atom stereocenters. The molecule has 0 radical (unpaired) electrons. The fraction of sp³-hybridized carbons (Fsp3) is 0.417. The Labute approximate surface area is 177 Å². The SMILES string of the molecule is COc1cccc(C(=O)Nc2ccc(N3CCCCC3)c(C(=O)N3CCCC3)c2)c1. The highest BCUT2D eigenvalue weighted by Crippen LogP contribution is 2.29. The van der Waals surface area contributed by atoms with Crippen LogP contribution in [-0.2, 0) is 0 Å². The molecule has 1 N–H and O–H groups in total. The predicted molar refractivity (Wildman–Crippen MR) is 119 cm³/mol. The van der Waals surface area contributed by atoms with Crippen LogP contribution in [0.2, 0.25) is 0 Å². The molecular formula is C24H29N3O3. The first-order valence-corrected chi connectivity index (χ1v) is 10.8. The van der Waals surface area contributed by atoms with Gasteiger partial charge in [-0.15, -0.1) is 0 Å². The van der Waals surface area contributed by atoms with Crippen molar-refractivity contribution in [2.45, 2.75) is 32.1 Å². The molecule has 0 unspecified atom stereocenters. The zero-order chi connectivity index (χ0) is 20.9. The standard InChI is InChI=1S/C24H29N3O3/c1-30-20-9-7-8-18(16-20)23(28)25-19-10-11-22(26-12-3-2-4-13-26)21(17-19)24(29)27-14-5-6-15-27/h7-11,16-17H,2-6,12-15H2,1H3,(H,25,28). The van der Waals surface area contributed by atoms with Crippen LogP contribution >= 0.6 is 0 Å². The minimum Gasteiger partial charge on any atom is -0.497 e. The molecule has 2 aromatic carbocycles. The number of hydrogen-bond acceptors (Lipinski definition) is 4. The van der Waals surface area contributed by atoms with E-state index in [1.807, 2.05) is 23.1 Å². The van der Waals surface area contributed by atoms with Crippen molar-refractivity contribution < 1.29 is 14.3 Å². The van der Waals surface area contributed by atoms with E-state index in [4.69, 9.17) is 4.74 Å². The van der Waals surface area contributed by atoms with Gasteiger partial charge in [-0.25, -0.2) is 0 Å². The number of benzene rings is 2. The van der Waals surface area contributed by atoms with Gasteiger partial charge in [0.25, 0.3) is 11.8 Å². The third-order valence-corrected chi connectivity index (χ3v) is 5.91. The molecule has 2 heterocycles. The first-order valence-electron chi connectivity index (χ1n) is 10.8. The summed E-state index contributed by atoms with van der Waals surface area (Å²) in [5.74, 6) is 0.470. The van der Waals surface area contributed by atoms with E-state index in [1.165, 1.54) is 6.42 Å². The number of likely N-dealkylation sites (tertiary alicyclic amines) is 1. The Morgan fingerprint density at radius 1 is 0.900 bits per heavy atom. The summed E-state index contributed by atoms with van der Waals surface area (Å²) in [7, 11) is 1.58. The van der Waals surface area contributed by atoms with Crippen molar-refractivity contribution in [3.63, 3.8) is 0 Å². The summed E-state index contributed by atoms with van der Waals surface area (Å²) in [6.07, 6.45) is 5.63. The monoisotopic (exact) mass is 407 g/mol. The molecule has 158 valence electrons. The average Bonchev–Trinajstić information content (AvgIpc) is 3.34. The number of rotatable bonds is 5. The zero-order valence-electron chi connectivity index (χ0n) is 17.5. The number of hydrogen-bond donors (Lipinski definition) is 1. The Kier molecular flexibility index (Phi) is 6.21. The minimum atomic E-state index is -0.223. The first-order chi connectivity index (χ1) is 14.7. The van der Waals surface area contributed by atoms with Crippen molar-refractivity contribution in [2.24, 2.45) is 0 Å². The maximum Gasteiger partial charge on any atom is 0.256 e. The summed E-state index contributed by atoms with van der Waals surface area (Å²) in [6.45, 7) is 3.54. The molecule has 0 bridgehead atoms. The Morgan fingerprint density at radius 3 is 2.37 bits per heavy atom. The third kappa shape index (κ3) is 4.42. The molecule has 0 aromatic heterocycles. The summed E-state index contributed by atoms with van der Waals surface area (Å²) in [6, 6.07) is 12.7. The first kappa shape index (κ1) is 20.3. The summed E-state index contributed by atoms with van der Waals surface area (Å²) < 4.78 is 5.21. The van der Waals surface area contributed by atoms with Gasteiger partial charge in [-0.2, -0.15) is 0 Å². The average molecular weight is 408 g/mol. The van der Waals surface area contributed by atoms with Gasteiger partial charge >= 0.3 is 0 Å². The van der Waals surface area contributed by atoms with Gasteiger partial charge in [0, 0.05) is 43.1 Å². The van der Waals surface area contributed by atoms with E-state index in [2.05, 4.69) is 10.2 Å². The van der Waals surface area contributed by atoms with E-state index in [-0.39, 0.29) is 11.8 Å². The van der Waals surface area contributed by atoms with E-state index >= 15 is 0 Å². The Balaban J connectivity index is 1.61. The Bertz CT molecular complexity index is 916. The zero-order valence-corrected chi connectivity index (χ0v) is 17.5. The van der Waals surface area contributed by atoms with Gasteiger partial charge in [0.1, 0.15) is 5.75 Å². The van der Waals surface area contributed by atoms with Gasteiger partial charge in [0.05, 0.1) is 12.7 Å². The lowest BCUT2D eigenvalue weighted by atomic mass is 10.0. The lowest BCUT2D eigenvalue weighted by molar-refractivity contribution is 0.0793. The van der Waals surface area contributed by atoms with Crippen LogP contribution < -0.4 is 15.0 Å². The highest BCUT2D eigenvalue weighted by atomic mass is 16.5. The minimum absolute atomic E-state index is 0.0607. The fourth-order valence-corrected chi connectivity index (χ4v) is 4.25. The molecule has 2 fully saturated rings. The Hall–Kier alpha value is -3.02. The number of anilines is 2. The molecule has 4 rings (SSSR count).